The van der Waals surface area contributed by atoms with Crippen LogP contribution >= 0.6 is 11.6 Å². The monoisotopic (exact) mass is 731 g/mol. The molecular weight excluding hydrogens is 699 g/mol. The lowest BCUT2D eigenvalue weighted by Crippen LogP contribution is -2.46. The van der Waals surface area contributed by atoms with Crippen LogP contribution in [0.3, 0.4) is 0 Å². The molecule has 2 saturated heterocycles. The van der Waals surface area contributed by atoms with E-state index in [-0.39, 0.29) is 24.6 Å². The number of hydrogen-bond acceptors (Lipinski definition) is 5. The Labute approximate surface area is 295 Å². The van der Waals surface area contributed by atoms with Gasteiger partial charge in [-0.15, -0.1) is 0 Å². The van der Waals surface area contributed by atoms with Gasteiger partial charge in [0.1, 0.15) is 5.75 Å². The molecule has 3 aromatic carbocycles. The van der Waals surface area contributed by atoms with Gasteiger partial charge < -0.3 is 14.8 Å². The maximum Gasteiger partial charge on any atom is 0.455 e. The molecule has 0 unspecified atom stereocenters. The van der Waals surface area contributed by atoms with Gasteiger partial charge in [-0.25, -0.2) is 4.90 Å². The summed E-state index contributed by atoms with van der Waals surface area (Å²) >= 11 is 6.42. The Morgan fingerprint density at radius 2 is 1.63 bits per heavy atom. The molecule has 14 heteroatoms. The van der Waals surface area contributed by atoms with E-state index >= 15 is 0 Å². The van der Waals surface area contributed by atoms with Crippen molar-refractivity contribution in [1.29, 1.82) is 0 Å². The van der Waals surface area contributed by atoms with E-state index in [1.165, 1.54) is 12.1 Å². The fourth-order valence-electron chi connectivity index (χ4n) is 7.68. The van der Waals surface area contributed by atoms with E-state index in [4.69, 9.17) is 16.3 Å². The zero-order valence-electron chi connectivity index (χ0n) is 27.3. The van der Waals surface area contributed by atoms with E-state index in [0.29, 0.717) is 53.3 Å². The van der Waals surface area contributed by atoms with Crippen LogP contribution in [0.1, 0.15) is 61.3 Å². The van der Waals surface area contributed by atoms with Crippen molar-refractivity contribution in [3.8, 4) is 5.75 Å². The van der Waals surface area contributed by atoms with Crippen LogP contribution in [0.2, 0.25) is 11.3 Å². The minimum absolute atomic E-state index is 0.00685. The lowest BCUT2D eigenvalue weighted by molar-refractivity contribution is -0.143. The topological polar surface area (TPSA) is 87.1 Å². The number of allylic oxidation sites excluding steroid dienone is 2. The number of carbonyl (C=O) groups is 2. The molecule has 3 aromatic rings. The largest absolute Gasteiger partial charge is 0.508 e. The van der Waals surface area contributed by atoms with Crippen LogP contribution in [-0.4, -0.2) is 35.2 Å². The first-order valence-electron chi connectivity index (χ1n) is 16.5. The molecule has 6 rings (SSSR count). The van der Waals surface area contributed by atoms with Gasteiger partial charge in [0.15, 0.2) is 0 Å². The molecule has 51 heavy (non-hydrogen) atoms. The van der Waals surface area contributed by atoms with Crippen molar-refractivity contribution in [1.82, 2.24) is 0 Å². The molecule has 4 atom stereocenters. The zero-order chi connectivity index (χ0) is 36.8. The van der Waals surface area contributed by atoms with E-state index in [2.05, 4.69) is 0 Å². The maximum absolute atomic E-state index is 14.1. The Kier molecular flexibility index (Phi) is 10.2. The number of amides is 2. The molecule has 0 spiro atoms. The van der Waals surface area contributed by atoms with Gasteiger partial charge in [-0.1, -0.05) is 60.9 Å². The molecule has 0 aromatic heterocycles. The summed E-state index contributed by atoms with van der Waals surface area (Å²) in [6.07, 6.45) is -7.25. The lowest BCUT2D eigenvalue weighted by Gasteiger charge is -2.43. The number of imide groups is 1. The van der Waals surface area contributed by atoms with Crippen LogP contribution < -0.4 is 4.90 Å². The molecule has 2 N–H and O–H groups in total. The van der Waals surface area contributed by atoms with Gasteiger partial charge in [0.2, 0.25) is 11.8 Å². The second-order valence-electron chi connectivity index (χ2n) is 13.1. The third-order valence-electron chi connectivity index (χ3n) is 9.82. The average Bonchev–Trinajstić information content (AvgIpc) is 3.32. The van der Waals surface area contributed by atoms with Gasteiger partial charge in [-0.3, -0.25) is 9.59 Å². The standard InChI is InChI=1S/C37H33BClF6NO5/c1-2-6-23-14-28-33(35(49)46(34(28)48)26-16-24(36(40,41)42)15-25(17-26)37(43,44)45)29-19-38(50)51-31(32(23)29)12-10-21(20-7-4-3-5-8-20)13-22-9-11-27(47)18-30(22)39/h3-5,7-9,11,13,15-18,28-29,31,33,47,50H,2,6,10,12,14,19H2,1H3/b21-13-/t28-,29+,31-,33-/m1/s1. The van der Waals surface area contributed by atoms with Gasteiger partial charge in [-0.2, -0.15) is 26.3 Å². The number of benzene rings is 3. The Morgan fingerprint density at radius 3 is 2.24 bits per heavy atom. The number of phenols is 1. The molecule has 0 radical (unpaired) electrons. The molecule has 2 amide bonds. The van der Waals surface area contributed by atoms with Crippen molar-refractivity contribution in [2.45, 2.75) is 63.8 Å². The van der Waals surface area contributed by atoms with Crippen LogP contribution in [0.15, 0.2) is 77.9 Å². The zero-order valence-corrected chi connectivity index (χ0v) is 28.0. The highest BCUT2D eigenvalue weighted by atomic mass is 35.5. The molecule has 2 heterocycles. The number of rotatable bonds is 8. The first-order chi connectivity index (χ1) is 24.1. The van der Waals surface area contributed by atoms with Crippen molar-refractivity contribution in [2.75, 3.05) is 4.90 Å². The summed E-state index contributed by atoms with van der Waals surface area (Å²) in [5.74, 6) is -4.65. The molecule has 2 aliphatic heterocycles. The summed E-state index contributed by atoms with van der Waals surface area (Å²) in [7, 11) is -1.34. The third kappa shape index (κ3) is 7.47. The number of phenolic OH excluding ortho intramolecular Hbond substituents is 1. The maximum atomic E-state index is 14.1. The van der Waals surface area contributed by atoms with Crippen molar-refractivity contribution < 1.29 is 50.7 Å². The predicted molar refractivity (Wildman–Crippen MR) is 180 cm³/mol. The summed E-state index contributed by atoms with van der Waals surface area (Å²) in [6, 6.07) is 14.8. The fraction of sp³-hybridized carbons (Fsp3) is 0.351. The second kappa shape index (κ2) is 14.2. The van der Waals surface area contributed by atoms with Gasteiger partial charge in [-0.05, 0) is 103 Å². The van der Waals surface area contributed by atoms with E-state index in [1.807, 2.05) is 43.3 Å². The van der Waals surface area contributed by atoms with Crippen molar-refractivity contribution in [2.24, 2.45) is 17.8 Å². The number of fused-ring (bicyclic) bond motifs is 3. The van der Waals surface area contributed by atoms with Crippen molar-refractivity contribution in [3.63, 3.8) is 0 Å². The normalized spacial score (nSPS) is 22.8. The molecule has 0 bridgehead atoms. The van der Waals surface area contributed by atoms with Gasteiger partial charge in [0.25, 0.3) is 0 Å². The molecule has 1 aliphatic carbocycles. The number of halogens is 7. The Balaban J connectivity index is 1.36. The number of alkyl halides is 6. The smallest absolute Gasteiger partial charge is 0.455 e. The fourth-order valence-corrected chi connectivity index (χ4v) is 7.91. The number of carbonyl (C=O) groups excluding carboxylic acids is 2. The number of anilines is 1. The molecule has 0 saturated carbocycles. The summed E-state index contributed by atoms with van der Waals surface area (Å²) in [5.41, 5.74) is -0.102. The van der Waals surface area contributed by atoms with Gasteiger partial charge in [0, 0.05) is 0 Å². The molecular formula is C37H33BClF6NO5. The SMILES string of the molecule is CCCC1=C2[C@@H](CC/C(=C/c3ccc(O)cc3Cl)c3ccccc3)OB(O)C[C@@H]2[C@@H]2C(=O)N(c3cc(C(F)(F)F)cc(C(F)(F)F)c3)C(=O)[C@@H]2C1. The van der Waals surface area contributed by atoms with E-state index in [0.717, 1.165) is 22.3 Å². The van der Waals surface area contributed by atoms with Crippen LogP contribution in [-0.2, 0) is 26.6 Å². The van der Waals surface area contributed by atoms with Crippen molar-refractivity contribution >= 4 is 47.9 Å². The first-order valence-corrected chi connectivity index (χ1v) is 16.9. The number of hydrogen-bond donors (Lipinski definition) is 2. The lowest BCUT2D eigenvalue weighted by atomic mass is 9.58. The van der Waals surface area contributed by atoms with E-state index < -0.39 is 72.0 Å². The summed E-state index contributed by atoms with van der Waals surface area (Å²) < 4.78 is 88.5. The number of aromatic hydroxyl groups is 1. The van der Waals surface area contributed by atoms with Gasteiger partial charge in [0.05, 0.1) is 39.8 Å². The molecule has 3 aliphatic rings. The highest BCUT2D eigenvalue weighted by Gasteiger charge is 2.58. The molecule has 2 fully saturated rings. The van der Waals surface area contributed by atoms with E-state index in [1.54, 1.807) is 6.07 Å². The highest BCUT2D eigenvalue weighted by molar-refractivity contribution is 6.43. The Hall–Kier alpha value is -4.07. The van der Waals surface area contributed by atoms with E-state index in [9.17, 15) is 46.1 Å². The first kappa shape index (κ1) is 36.7. The minimum Gasteiger partial charge on any atom is -0.508 e. The summed E-state index contributed by atoms with van der Waals surface area (Å²) in [5, 5.41) is 21.1. The van der Waals surface area contributed by atoms with Crippen LogP contribution in [0.25, 0.3) is 11.6 Å². The van der Waals surface area contributed by atoms with Crippen LogP contribution in [0.5, 0.6) is 5.75 Å². The van der Waals surface area contributed by atoms with Crippen molar-refractivity contribution in [3.05, 3.63) is 105 Å². The minimum atomic E-state index is -5.17. The Morgan fingerprint density at radius 1 is 0.961 bits per heavy atom. The highest BCUT2D eigenvalue weighted by Crippen LogP contribution is 2.53. The Bertz CT molecular complexity index is 1860. The predicted octanol–water partition coefficient (Wildman–Crippen LogP) is 9.21. The average molecular weight is 732 g/mol. The van der Waals surface area contributed by atoms with Crippen LogP contribution in [0.4, 0.5) is 32.0 Å². The van der Waals surface area contributed by atoms with Gasteiger partial charge >= 0.3 is 19.5 Å². The molecule has 268 valence electrons. The molecule has 6 nitrogen and oxygen atoms in total. The second-order valence-corrected chi connectivity index (χ2v) is 13.5. The number of nitrogens with zero attached hydrogens (tertiary/aromatic N) is 1. The third-order valence-corrected chi connectivity index (χ3v) is 10.2. The summed E-state index contributed by atoms with van der Waals surface area (Å²) in [4.78, 5) is 28.4. The summed E-state index contributed by atoms with van der Waals surface area (Å²) in [6.45, 7) is 1.93. The quantitative estimate of drug-likeness (QED) is 0.0794. The van der Waals surface area contributed by atoms with Crippen LogP contribution in [0, 0.1) is 17.8 Å².